The van der Waals surface area contributed by atoms with Gasteiger partial charge in [0.05, 0.1) is 0 Å². The quantitative estimate of drug-likeness (QED) is 0.241. The van der Waals surface area contributed by atoms with Gasteiger partial charge in [0.1, 0.15) is 0 Å². The fraction of sp³-hybridized carbons (Fsp3) is 0. The lowest BCUT2D eigenvalue weighted by molar-refractivity contribution is 0.0329. The Labute approximate surface area is 124 Å². The molecule has 0 amide bonds. The van der Waals surface area contributed by atoms with Gasteiger partial charge in [-0.15, -0.1) is 0 Å². The van der Waals surface area contributed by atoms with Crippen LogP contribution in [0.25, 0.3) is 0 Å². The number of hydrogen-bond acceptors (Lipinski definition) is 12. The molecule has 2 heterocycles. The predicted octanol–water partition coefficient (Wildman–Crippen LogP) is -6.23. The molecule has 0 spiro atoms. The molecule has 18 nitrogen and oxygen atoms in total. The molecule has 2 rings (SSSR count). The minimum absolute atomic E-state index is 0.624. The highest BCUT2D eigenvalue weighted by atomic mass is 16.6. The van der Waals surface area contributed by atoms with E-state index < -0.39 is 62.5 Å². The van der Waals surface area contributed by atoms with Crippen molar-refractivity contribution in [2.75, 3.05) is 0 Å². The maximum absolute atomic E-state index is 10.5. The molecule has 0 saturated heterocycles. The lowest BCUT2D eigenvalue weighted by atomic mass is 11.0. The Kier molecular flexibility index (Phi) is 4.26. The van der Waals surface area contributed by atoms with E-state index in [1.54, 1.807) is 0 Å². The Balaban J connectivity index is 0.000000240. The van der Waals surface area contributed by atoms with Crippen LogP contribution in [0.3, 0.4) is 0 Å². The molecular formula is C6H6N6O12. The summed E-state index contributed by atoms with van der Waals surface area (Å²) in [5.74, 6) is 0. The number of nitrogens with zero attached hydrogens (tertiary/aromatic N) is 6. The Hall–Kier alpha value is -4.38. The highest BCUT2D eigenvalue weighted by Gasteiger charge is 2.13. The fourth-order valence-corrected chi connectivity index (χ4v) is 1.03. The van der Waals surface area contributed by atoms with Crippen LogP contribution in [-0.2, 0) is 0 Å². The molecule has 0 aromatic carbocycles. The van der Waals surface area contributed by atoms with E-state index in [9.17, 15) is 28.8 Å². The summed E-state index contributed by atoms with van der Waals surface area (Å²) < 4.78 is -3.74. The van der Waals surface area contributed by atoms with Crippen LogP contribution in [0.1, 0.15) is 0 Å². The summed E-state index contributed by atoms with van der Waals surface area (Å²) in [5, 5.41) is 50.9. The van der Waals surface area contributed by atoms with Gasteiger partial charge in [0.25, 0.3) is 0 Å². The molecule has 0 fully saturated rings. The molecular weight excluding hydrogens is 348 g/mol. The molecule has 0 bridgehead atoms. The van der Waals surface area contributed by atoms with E-state index in [-0.39, 0.29) is 0 Å². The first kappa shape index (κ1) is 17.7. The Morgan fingerprint density at radius 1 is 0.333 bits per heavy atom. The van der Waals surface area contributed by atoms with E-state index in [1.165, 1.54) is 0 Å². The average molecular weight is 354 g/mol. The lowest BCUT2D eigenvalue weighted by Crippen LogP contribution is -2.52. The molecule has 0 aliphatic rings. The molecule has 6 N–H and O–H groups in total. The predicted molar refractivity (Wildman–Crippen MR) is 61.6 cm³/mol. The van der Waals surface area contributed by atoms with Crippen LogP contribution in [0.15, 0.2) is 28.8 Å². The topological polar surface area (TPSA) is 253 Å². The van der Waals surface area contributed by atoms with Gasteiger partial charge >= 0.3 is 34.1 Å². The van der Waals surface area contributed by atoms with Gasteiger partial charge < -0.3 is 31.2 Å². The maximum Gasteiger partial charge on any atom is 0.403 e. The van der Waals surface area contributed by atoms with E-state index >= 15 is 0 Å². The molecule has 0 atom stereocenters. The molecule has 2 aromatic heterocycles. The lowest BCUT2D eigenvalue weighted by Gasteiger charge is -1.98. The van der Waals surface area contributed by atoms with E-state index in [0.29, 0.717) is 0 Å². The molecule has 0 saturated carbocycles. The van der Waals surface area contributed by atoms with E-state index in [2.05, 4.69) is 0 Å². The van der Waals surface area contributed by atoms with Crippen LogP contribution in [0.2, 0.25) is 0 Å². The summed E-state index contributed by atoms with van der Waals surface area (Å²) in [6.07, 6.45) is 0. The van der Waals surface area contributed by atoms with Crippen molar-refractivity contribution in [3.63, 3.8) is 0 Å². The van der Waals surface area contributed by atoms with Crippen molar-refractivity contribution < 1.29 is 31.2 Å². The molecule has 0 aliphatic carbocycles. The van der Waals surface area contributed by atoms with Gasteiger partial charge in [0, 0.05) is 0 Å². The maximum atomic E-state index is 10.5. The molecule has 0 aliphatic heterocycles. The van der Waals surface area contributed by atoms with Gasteiger partial charge in [-0.25, -0.2) is 28.8 Å². The van der Waals surface area contributed by atoms with E-state index in [4.69, 9.17) is 31.2 Å². The summed E-state index contributed by atoms with van der Waals surface area (Å²) >= 11 is 0. The van der Waals surface area contributed by atoms with Crippen molar-refractivity contribution in [2.24, 2.45) is 0 Å². The van der Waals surface area contributed by atoms with Crippen molar-refractivity contribution in [1.29, 1.82) is 0 Å². The average Bonchev–Trinajstić information content (AvgIpc) is 2.58. The minimum atomic E-state index is -1.66. The third-order valence-corrected chi connectivity index (χ3v) is 2.17. The van der Waals surface area contributed by atoms with Crippen molar-refractivity contribution in [2.45, 2.75) is 0 Å². The summed E-state index contributed by atoms with van der Waals surface area (Å²) in [6.45, 7) is 0. The summed E-state index contributed by atoms with van der Waals surface area (Å²) in [4.78, 5) is 62.8. The highest BCUT2D eigenvalue weighted by molar-refractivity contribution is 4.68. The van der Waals surface area contributed by atoms with Crippen LogP contribution >= 0.6 is 0 Å². The molecule has 0 unspecified atom stereocenters. The van der Waals surface area contributed by atoms with Crippen LogP contribution in [-0.4, -0.2) is 59.6 Å². The third kappa shape index (κ3) is 2.56. The Morgan fingerprint density at radius 3 is 0.500 bits per heavy atom. The summed E-state index contributed by atoms with van der Waals surface area (Å²) in [7, 11) is 0. The number of hydrogen-bond donors (Lipinski definition) is 6. The second kappa shape index (κ2) is 5.78. The first-order valence-corrected chi connectivity index (χ1v) is 5.11. The smallest absolute Gasteiger partial charge is 0.403 e. The monoisotopic (exact) mass is 354 g/mol. The van der Waals surface area contributed by atoms with Crippen molar-refractivity contribution in [3.8, 4) is 0 Å². The highest BCUT2D eigenvalue weighted by Crippen LogP contribution is 1.57. The summed E-state index contributed by atoms with van der Waals surface area (Å²) in [5.41, 5.74) is -9.94. The first-order chi connectivity index (χ1) is 10.9. The number of rotatable bonds is 0. The fourth-order valence-electron chi connectivity index (χ4n) is 1.03. The molecule has 132 valence electrons. The zero-order chi connectivity index (χ0) is 18.9. The van der Waals surface area contributed by atoms with Crippen LogP contribution in [0, 0.1) is 0 Å². The molecule has 24 heavy (non-hydrogen) atoms. The van der Waals surface area contributed by atoms with Crippen LogP contribution in [0.4, 0.5) is 0 Å². The van der Waals surface area contributed by atoms with Gasteiger partial charge in [-0.1, -0.05) is 28.4 Å². The van der Waals surface area contributed by atoms with Gasteiger partial charge in [0.2, 0.25) is 0 Å². The summed E-state index contributed by atoms with van der Waals surface area (Å²) in [6, 6.07) is 0. The van der Waals surface area contributed by atoms with Crippen molar-refractivity contribution in [1.82, 2.24) is 28.4 Å². The molecule has 0 radical (unpaired) electrons. The molecule has 18 heteroatoms. The van der Waals surface area contributed by atoms with Gasteiger partial charge in [-0.05, 0) is 0 Å². The first-order valence-electron chi connectivity index (χ1n) is 5.11. The minimum Gasteiger partial charge on any atom is -0.420 e. The van der Waals surface area contributed by atoms with E-state index in [1.807, 2.05) is 0 Å². The van der Waals surface area contributed by atoms with Crippen LogP contribution < -0.4 is 34.1 Å². The van der Waals surface area contributed by atoms with Crippen LogP contribution in [0.5, 0.6) is 0 Å². The van der Waals surface area contributed by atoms with E-state index in [0.717, 1.165) is 0 Å². The second-order valence-corrected chi connectivity index (χ2v) is 3.57. The normalized spacial score (nSPS) is 10.0. The van der Waals surface area contributed by atoms with Gasteiger partial charge in [-0.2, -0.15) is 0 Å². The van der Waals surface area contributed by atoms with Gasteiger partial charge in [0.15, 0.2) is 0 Å². The van der Waals surface area contributed by atoms with Crippen molar-refractivity contribution in [3.05, 3.63) is 62.9 Å². The zero-order valence-electron chi connectivity index (χ0n) is 10.8. The number of aromatic nitrogens is 6. The Morgan fingerprint density at radius 2 is 0.417 bits per heavy atom. The standard InChI is InChI=1S/2C3H3N3O6/c2*7-1-4(10)2(8)6(12)3(9)5(1)11/h2*10-12H. The third-order valence-electron chi connectivity index (χ3n) is 2.17. The second-order valence-electron chi connectivity index (χ2n) is 3.57. The Bertz CT molecular complexity index is 841. The van der Waals surface area contributed by atoms with Crippen molar-refractivity contribution >= 4 is 0 Å². The zero-order valence-corrected chi connectivity index (χ0v) is 10.8. The SMILES string of the molecule is O=c1n(O)c(=O)n(O)c(=O)n1O.O=c1n(O)c(=O)n(O)c(=O)n1O. The van der Waals surface area contributed by atoms with Gasteiger partial charge in [-0.3, -0.25) is 0 Å². The largest absolute Gasteiger partial charge is 0.420 e. The molecule has 2 aromatic rings.